The van der Waals surface area contributed by atoms with Crippen LogP contribution in [0.1, 0.15) is 20.3 Å². The molecule has 0 aliphatic rings. The van der Waals surface area contributed by atoms with Crippen LogP contribution < -0.4 is 0 Å². The third-order valence-corrected chi connectivity index (χ3v) is 2.41. The van der Waals surface area contributed by atoms with E-state index in [0.29, 0.717) is 0 Å². The molecule has 0 atom stereocenters. The number of thiazole rings is 1. The third kappa shape index (κ3) is 2.54. The Morgan fingerprint density at radius 2 is 2.40 bits per heavy atom. The van der Waals surface area contributed by atoms with Crippen molar-refractivity contribution in [2.75, 3.05) is 13.6 Å². The molecule has 1 rings (SSSR count). The number of carboxylic acid groups (broad SMARTS) is 1. The van der Waals surface area contributed by atoms with E-state index < -0.39 is 5.97 Å². The van der Waals surface area contributed by atoms with Gasteiger partial charge in [0.25, 0.3) is 5.91 Å². The number of aromatic nitrogens is 1. The molecule has 0 spiro atoms. The smallest absolute Gasteiger partial charge is 0.355 e. The molecule has 0 radical (unpaired) electrons. The number of terminal acetylenes is 1. The number of carbonyl (C=O) groups excluding carboxylic acids is 1. The van der Waals surface area contributed by atoms with Crippen molar-refractivity contribution in [2.24, 2.45) is 0 Å². The van der Waals surface area contributed by atoms with Crippen molar-refractivity contribution >= 4 is 23.2 Å². The summed E-state index contributed by atoms with van der Waals surface area (Å²) >= 11 is 0.988. The molecule has 1 heterocycles. The van der Waals surface area contributed by atoms with Gasteiger partial charge in [0.15, 0.2) is 10.7 Å². The molecule has 15 heavy (non-hydrogen) atoms. The van der Waals surface area contributed by atoms with Crippen LogP contribution in [-0.4, -0.2) is 40.5 Å². The summed E-state index contributed by atoms with van der Waals surface area (Å²) in [5.74, 6) is 0.795. The molecule has 0 saturated carbocycles. The fraction of sp³-hybridized carbons (Fsp3) is 0.222. The van der Waals surface area contributed by atoms with Crippen LogP contribution in [0.2, 0.25) is 0 Å². The summed E-state index contributed by atoms with van der Waals surface area (Å²) in [5.41, 5.74) is -0.127. The average Bonchev–Trinajstić information content (AvgIpc) is 2.65. The van der Waals surface area contributed by atoms with Crippen molar-refractivity contribution in [3.63, 3.8) is 0 Å². The van der Waals surface area contributed by atoms with Gasteiger partial charge in [0.1, 0.15) is 0 Å². The van der Waals surface area contributed by atoms with E-state index in [1.807, 2.05) is 0 Å². The molecule has 6 heteroatoms. The second-order valence-electron chi connectivity index (χ2n) is 2.71. The Bertz CT molecular complexity index is 433. The Morgan fingerprint density at radius 1 is 1.73 bits per heavy atom. The van der Waals surface area contributed by atoms with E-state index in [1.165, 1.54) is 17.3 Å². The molecule has 1 aromatic heterocycles. The number of hydrogen-bond donors (Lipinski definition) is 1. The van der Waals surface area contributed by atoms with Crippen LogP contribution in [0.5, 0.6) is 0 Å². The van der Waals surface area contributed by atoms with E-state index in [-0.39, 0.29) is 23.2 Å². The molecule has 5 nitrogen and oxygen atoms in total. The van der Waals surface area contributed by atoms with Gasteiger partial charge in [0, 0.05) is 12.4 Å². The molecule has 1 amide bonds. The van der Waals surface area contributed by atoms with E-state index in [2.05, 4.69) is 10.9 Å². The van der Waals surface area contributed by atoms with Gasteiger partial charge in [-0.05, 0) is 0 Å². The highest BCUT2D eigenvalue weighted by Crippen LogP contribution is 2.11. The number of aromatic carboxylic acids is 1. The summed E-state index contributed by atoms with van der Waals surface area (Å²) in [7, 11) is 1.53. The minimum Gasteiger partial charge on any atom is -0.476 e. The normalized spacial score (nSPS) is 9.33. The van der Waals surface area contributed by atoms with Gasteiger partial charge in [-0.3, -0.25) is 4.79 Å². The lowest BCUT2D eigenvalue weighted by atomic mass is 10.5. The maximum Gasteiger partial charge on any atom is 0.355 e. The molecule has 0 bridgehead atoms. The summed E-state index contributed by atoms with van der Waals surface area (Å²) in [5, 5.41) is 10.1. The van der Waals surface area contributed by atoms with E-state index in [4.69, 9.17) is 11.5 Å². The number of hydrogen-bond acceptors (Lipinski definition) is 4. The van der Waals surface area contributed by atoms with Gasteiger partial charge in [0.05, 0.1) is 6.54 Å². The van der Waals surface area contributed by atoms with E-state index >= 15 is 0 Å². The maximum atomic E-state index is 11.6. The third-order valence-electron chi connectivity index (χ3n) is 1.58. The summed E-state index contributed by atoms with van der Waals surface area (Å²) in [4.78, 5) is 27.0. The van der Waals surface area contributed by atoms with Gasteiger partial charge in [-0.1, -0.05) is 5.92 Å². The summed E-state index contributed by atoms with van der Waals surface area (Å²) in [6.45, 7) is 0.167. The standard InChI is InChI=1S/C9H8N2O3S/c1-3-4-11(2)8(12)7-10-6(5-15-7)9(13)14/h1,5H,4H2,2H3,(H,13,14). The Morgan fingerprint density at radius 3 is 2.87 bits per heavy atom. The monoisotopic (exact) mass is 224 g/mol. The molecule has 1 N–H and O–H groups in total. The highest BCUT2D eigenvalue weighted by atomic mass is 32.1. The predicted octanol–water partition coefficient (Wildman–Crippen LogP) is 0.546. The second-order valence-corrected chi connectivity index (χ2v) is 3.57. The van der Waals surface area contributed by atoms with Crippen molar-refractivity contribution in [3.05, 3.63) is 16.1 Å². The van der Waals surface area contributed by atoms with Gasteiger partial charge in [-0.25, -0.2) is 9.78 Å². The Hall–Kier alpha value is -1.87. The minimum absolute atomic E-state index is 0.127. The average molecular weight is 224 g/mol. The van der Waals surface area contributed by atoms with Crippen LogP contribution in [0.15, 0.2) is 5.38 Å². The van der Waals surface area contributed by atoms with Gasteiger partial charge >= 0.3 is 5.97 Å². The molecule has 0 fully saturated rings. The van der Waals surface area contributed by atoms with Crippen LogP contribution >= 0.6 is 11.3 Å². The van der Waals surface area contributed by atoms with Crippen molar-refractivity contribution in [3.8, 4) is 12.3 Å². The zero-order chi connectivity index (χ0) is 11.4. The summed E-state index contributed by atoms with van der Waals surface area (Å²) in [6.07, 6.45) is 5.04. The molecule has 0 aliphatic carbocycles. The van der Waals surface area contributed by atoms with E-state index in [0.717, 1.165) is 11.3 Å². The summed E-state index contributed by atoms with van der Waals surface area (Å²) < 4.78 is 0. The first-order valence-electron chi connectivity index (χ1n) is 3.94. The zero-order valence-electron chi connectivity index (χ0n) is 7.93. The highest BCUT2D eigenvalue weighted by molar-refractivity contribution is 7.11. The minimum atomic E-state index is -1.15. The highest BCUT2D eigenvalue weighted by Gasteiger charge is 2.17. The number of carboxylic acids is 1. The van der Waals surface area contributed by atoms with Crippen molar-refractivity contribution in [1.29, 1.82) is 0 Å². The summed E-state index contributed by atoms with van der Waals surface area (Å²) in [6, 6.07) is 0. The predicted molar refractivity (Wildman–Crippen MR) is 54.9 cm³/mol. The van der Waals surface area contributed by atoms with E-state index in [1.54, 1.807) is 0 Å². The van der Waals surface area contributed by atoms with Gasteiger partial charge in [0.2, 0.25) is 0 Å². The first kappa shape index (κ1) is 11.2. The largest absolute Gasteiger partial charge is 0.476 e. The molecule has 0 aromatic carbocycles. The lowest BCUT2D eigenvalue weighted by molar-refractivity contribution is 0.0691. The van der Waals surface area contributed by atoms with Crippen molar-refractivity contribution in [2.45, 2.75) is 0 Å². The number of rotatable bonds is 3. The van der Waals surface area contributed by atoms with Crippen LogP contribution in [0.3, 0.4) is 0 Å². The quantitative estimate of drug-likeness (QED) is 0.761. The molecular weight excluding hydrogens is 216 g/mol. The molecule has 1 aromatic rings. The fourth-order valence-corrected chi connectivity index (χ4v) is 1.63. The number of carbonyl (C=O) groups is 2. The lowest BCUT2D eigenvalue weighted by Crippen LogP contribution is -2.26. The van der Waals surface area contributed by atoms with Crippen LogP contribution in [0, 0.1) is 12.3 Å². The SMILES string of the molecule is C#CCN(C)C(=O)c1nc(C(=O)O)cs1. The molecule has 0 aliphatic heterocycles. The Labute approximate surface area is 90.4 Å². The molecule has 0 unspecified atom stereocenters. The second kappa shape index (κ2) is 4.57. The Balaban J connectivity index is 2.84. The van der Waals surface area contributed by atoms with Crippen molar-refractivity contribution < 1.29 is 14.7 Å². The molecule has 0 saturated heterocycles. The molecular formula is C9H8N2O3S. The first-order chi connectivity index (χ1) is 7.06. The van der Waals surface area contributed by atoms with Gasteiger partial charge in [-0.15, -0.1) is 17.8 Å². The van der Waals surface area contributed by atoms with Crippen LogP contribution in [0.4, 0.5) is 0 Å². The molecule has 78 valence electrons. The van der Waals surface area contributed by atoms with Crippen molar-refractivity contribution in [1.82, 2.24) is 9.88 Å². The zero-order valence-corrected chi connectivity index (χ0v) is 8.74. The number of nitrogens with zero attached hydrogens (tertiary/aromatic N) is 2. The topological polar surface area (TPSA) is 70.5 Å². The first-order valence-corrected chi connectivity index (χ1v) is 4.82. The Kier molecular flexibility index (Phi) is 3.42. The van der Waals surface area contributed by atoms with Crippen LogP contribution in [-0.2, 0) is 0 Å². The number of amides is 1. The van der Waals surface area contributed by atoms with Gasteiger partial charge in [-0.2, -0.15) is 0 Å². The van der Waals surface area contributed by atoms with Crippen LogP contribution in [0.25, 0.3) is 0 Å². The maximum absolute atomic E-state index is 11.6. The lowest BCUT2D eigenvalue weighted by Gasteiger charge is -2.10. The van der Waals surface area contributed by atoms with Gasteiger partial charge < -0.3 is 10.0 Å². The fourth-order valence-electron chi connectivity index (χ4n) is 0.842. The van der Waals surface area contributed by atoms with E-state index in [9.17, 15) is 9.59 Å².